The van der Waals surface area contributed by atoms with Gasteiger partial charge in [-0.1, -0.05) is 41.9 Å². The molecule has 1 aromatic carbocycles. The van der Waals surface area contributed by atoms with E-state index in [0.29, 0.717) is 19.5 Å². The van der Waals surface area contributed by atoms with Gasteiger partial charge in [-0.2, -0.15) is 0 Å². The maximum absolute atomic E-state index is 12.2. The van der Waals surface area contributed by atoms with Gasteiger partial charge in [0, 0.05) is 18.5 Å². The summed E-state index contributed by atoms with van der Waals surface area (Å²) < 4.78 is 5.32. The first-order chi connectivity index (χ1) is 10.6. The van der Waals surface area contributed by atoms with Crippen molar-refractivity contribution in [1.29, 1.82) is 0 Å². The molecule has 3 rings (SSSR count). The maximum atomic E-state index is 12.2. The van der Waals surface area contributed by atoms with Crippen LogP contribution in [0.3, 0.4) is 0 Å². The Bertz CT molecular complexity index is 695. The van der Waals surface area contributed by atoms with Gasteiger partial charge in [0.15, 0.2) is 0 Å². The van der Waals surface area contributed by atoms with Gasteiger partial charge in [0.25, 0.3) is 0 Å². The van der Waals surface area contributed by atoms with Gasteiger partial charge in [0.05, 0.1) is 12.2 Å². The zero-order chi connectivity index (χ0) is 15.5. The van der Waals surface area contributed by atoms with Crippen LogP contribution >= 0.6 is 23.2 Å². The highest BCUT2D eigenvalue weighted by molar-refractivity contribution is 6.32. The summed E-state index contributed by atoms with van der Waals surface area (Å²) in [4.78, 5) is 21.8. The van der Waals surface area contributed by atoms with Crippen LogP contribution in [-0.4, -0.2) is 27.5 Å². The average Bonchev–Trinajstić information content (AvgIpc) is 2.53. The summed E-state index contributed by atoms with van der Waals surface area (Å²) in [6.45, 7) is 1.09. The summed E-state index contributed by atoms with van der Waals surface area (Å²) >= 11 is 11.9. The molecule has 0 saturated heterocycles. The van der Waals surface area contributed by atoms with Crippen LogP contribution in [0.25, 0.3) is 0 Å². The number of rotatable bonds is 2. The molecule has 0 radical (unpaired) electrons. The second-order valence-corrected chi connectivity index (χ2v) is 5.62. The van der Waals surface area contributed by atoms with Crippen LogP contribution in [0.4, 0.5) is 4.79 Å². The van der Waals surface area contributed by atoms with Crippen molar-refractivity contribution in [2.45, 2.75) is 19.6 Å². The molecule has 0 bridgehead atoms. The summed E-state index contributed by atoms with van der Waals surface area (Å²) in [5.41, 5.74) is 2.47. The van der Waals surface area contributed by atoms with Crippen molar-refractivity contribution < 1.29 is 9.53 Å². The highest BCUT2D eigenvalue weighted by atomic mass is 35.5. The molecule has 0 aliphatic carbocycles. The Labute approximate surface area is 137 Å². The maximum Gasteiger partial charge on any atom is 0.410 e. The van der Waals surface area contributed by atoms with Crippen LogP contribution in [0.15, 0.2) is 30.3 Å². The lowest BCUT2D eigenvalue weighted by molar-refractivity contribution is 0.0915. The molecule has 1 aromatic heterocycles. The predicted octanol–water partition coefficient (Wildman–Crippen LogP) is 3.48. The van der Waals surface area contributed by atoms with Crippen LogP contribution in [0, 0.1) is 0 Å². The van der Waals surface area contributed by atoms with E-state index in [1.54, 1.807) is 4.90 Å². The number of benzene rings is 1. The number of carbonyl (C=O) groups excluding carboxylic acids is 1. The molecule has 2 heterocycles. The molecule has 2 aromatic rings. The minimum absolute atomic E-state index is 0.129. The fraction of sp³-hybridized carbons (Fsp3) is 0.267. The second kappa shape index (κ2) is 6.50. The van der Waals surface area contributed by atoms with Crippen molar-refractivity contribution in [3.63, 3.8) is 0 Å². The van der Waals surface area contributed by atoms with Crippen molar-refractivity contribution in [1.82, 2.24) is 14.9 Å². The van der Waals surface area contributed by atoms with E-state index in [1.807, 2.05) is 30.3 Å². The lowest BCUT2D eigenvalue weighted by Crippen LogP contribution is -2.37. The number of halogens is 2. The topological polar surface area (TPSA) is 55.3 Å². The number of hydrogen-bond donors (Lipinski definition) is 0. The molecule has 1 amide bonds. The molecule has 22 heavy (non-hydrogen) atoms. The lowest BCUT2D eigenvalue weighted by atomic mass is 10.1. The Balaban J connectivity index is 1.65. The second-order valence-electron chi connectivity index (χ2n) is 4.92. The van der Waals surface area contributed by atoms with Gasteiger partial charge in [-0.15, -0.1) is 0 Å². The highest BCUT2D eigenvalue weighted by Crippen LogP contribution is 2.25. The normalized spacial score (nSPS) is 13.6. The Morgan fingerprint density at radius 1 is 1.23 bits per heavy atom. The van der Waals surface area contributed by atoms with Crippen molar-refractivity contribution in [2.75, 3.05) is 6.54 Å². The SMILES string of the molecule is O=C(OCc1ccccc1)N1CCc2nc(Cl)nc(Cl)c2C1. The molecule has 114 valence electrons. The minimum atomic E-state index is -0.375. The number of fused-ring (bicyclic) bond motifs is 1. The molecule has 7 heteroatoms. The van der Waals surface area contributed by atoms with E-state index in [9.17, 15) is 4.79 Å². The molecular weight excluding hydrogens is 325 g/mol. The van der Waals surface area contributed by atoms with Crippen LogP contribution in [-0.2, 0) is 24.3 Å². The highest BCUT2D eigenvalue weighted by Gasteiger charge is 2.25. The van der Waals surface area contributed by atoms with Crippen molar-refractivity contribution in [3.8, 4) is 0 Å². The Morgan fingerprint density at radius 3 is 2.77 bits per heavy atom. The fourth-order valence-electron chi connectivity index (χ4n) is 2.31. The Hall–Kier alpha value is -1.85. The Kier molecular flexibility index (Phi) is 4.45. The van der Waals surface area contributed by atoms with E-state index in [-0.39, 0.29) is 23.1 Å². The summed E-state index contributed by atoms with van der Waals surface area (Å²) in [6.07, 6.45) is 0.207. The third-order valence-electron chi connectivity index (χ3n) is 3.45. The smallest absolute Gasteiger partial charge is 0.410 e. The average molecular weight is 338 g/mol. The van der Waals surface area contributed by atoms with Gasteiger partial charge in [-0.25, -0.2) is 14.8 Å². The molecule has 5 nitrogen and oxygen atoms in total. The Morgan fingerprint density at radius 2 is 2.00 bits per heavy atom. The number of hydrogen-bond acceptors (Lipinski definition) is 4. The van der Waals surface area contributed by atoms with Crippen LogP contribution in [0.5, 0.6) is 0 Å². The van der Waals surface area contributed by atoms with Gasteiger partial charge in [0.2, 0.25) is 5.28 Å². The molecule has 0 N–H and O–H groups in total. The molecule has 0 spiro atoms. The molecule has 0 fully saturated rings. The molecule has 1 aliphatic heterocycles. The molecule has 0 saturated carbocycles. The van der Waals surface area contributed by atoms with Gasteiger partial charge in [-0.3, -0.25) is 0 Å². The molecule has 0 atom stereocenters. The predicted molar refractivity (Wildman–Crippen MR) is 82.8 cm³/mol. The monoisotopic (exact) mass is 337 g/mol. The number of nitrogens with zero attached hydrogens (tertiary/aromatic N) is 3. The zero-order valence-corrected chi connectivity index (χ0v) is 13.1. The van der Waals surface area contributed by atoms with Gasteiger partial charge < -0.3 is 9.64 Å². The van der Waals surface area contributed by atoms with Gasteiger partial charge in [-0.05, 0) is 17.2 Å². The summed E-state index contributed by atoms with van der Waals surface area (Å²) in [6, 6.07) is 9.54. The van der Waals surface area contributed by atoms with E-state index in [0.717, 1.165) is 16.8 Å². The van der Waals surface area contributed by atoms with Crippen LogP contribution < -0.4 is 0 Å². The molecular formula is C15H13Cl2N3O2. The van der Waals surface area contributed by atoms with E-state index in [2.05, 4.69) is 9.97 Å². The lowest BCUT2D eigenvalue weighted by Gasteiger charge is -2.27. The summed E-state index contributed by atoms with van der Waals surface area (Å²) in [7, 11) is 0. The van der Waals surface area contributed by atoms with E-state index in [1.165, 1.54) is 0 Å². The van der Waals surface area contributed by atoms with Crippen LogP contribution in [0.2, 0.25) is 10.4 Å². The number of amides is 1. The zero-order valence-electron chi connectivity index (χ0n) is 11.6. The number of aromatic nitrogens is 2. The third-order valence-corrected chi connectivity index (χ3v) is 3.93. The van der Waals surface area contributed by atoms with Crippen LogP contribution in [0.1, 0.15) is 16.8 Å². The fourth-order valence-corrected chi connectivity index (χ4v) is 2.79. The van der Waals surface area contributed by atoms with E-state index >= 15 is 0 Å². The van der Waals surface area contributed by atoms with Crippen molar-refractivity contribution in [2.24, 2.45) is 0 Å². The number of ether oxygens (including phenoxy) is 1. The van der Waals surface area contributed by atoms with Crippen molar-refractivity contribution >= 4 is 29.3 Å². The van der Waals surface area contributed by atoms with Crippen molar-refractivity contribution in [3.05, 3.63) is 57.6 Å². The first-order valence-electron chi connectivity index (χ1n) is 6.80. The largest absolute Gasteiger partial charge is 0.445 e. The third kappa shape index (κ3) is 3.31. The molecule has 0 unspecified atom stereocenters. The molecule has 1 aliphatic rings. The number of carbonyl (C=O) groups is 1. The quantitative estimate of drug-likeness (QED) is 0.621. The van der Waals surface area contributed by atoms with Gasteiger partial charge in [0.1, 0.15) is 11.8 Å². The minimum Gasteiger partial charge on any atom is -0.445 e. The van der Waals surface area contributed by atoms with E-state index < -0.39 is 0 Å². The summed E-state index contributed by atoms with van der Waals surface area (Å²) in [5.74, 6) is 0. The summed E-state index contributed by atoms with van der Waals surface area (Å²) in [5, 5.41) is 0.416. The van der Waals surface area contributed by atoms with E-state index in [4.69, 9.17) is 27.9 Å². The first-order valence-corrected chi connectivity index (χ1v) is 7.55. The standard InChI is InChI=1S/C15H13Cl2N3O2/c16-13-11-8-20(7-6-12(11)18-14(17)19-13)15(21)22-9-10-4-2-1-3-5-10/h1-5H,6-9H2. The first kappa shape index (κ1) is 15.1. The van der Waals surface area contributed by atoms with Gasteiger partial charge >= 0.3 is 6.09 Å².